The van der Waals surface area contributed by atoms with E-state index in [1.165, 1.54) is 4.91 Å². The molecule has 0 aromatic carbocycles. The Morgan fingerprint density at radius 2 is 1.25 bits per heavy atom. The Hall–Kier alpha value is -0.890. The number of allylic oxidation sites excluding steroid dienone is 8. The number of hydrogen-bond donors (Lipinski definition) is 0. The summed E-state index contributed by atoms with van der Waals surface area (Å²) in [5, 5.41) is 0. The van der Waals surface area contributed by atoms with Gasteiger partial charge in [-0.25, -0.2) is 0 Å². The Kier molecular flexibility index (Phi) is 42.3. The van der Waals surface area contributed by atoms with E-state index in [9.17, 15) is 0 Å². The maximum absolute atomic E-state index is 4.76. The van der Waals surface area contributed by atoms with Crippen LogP contribution in [0.15, 0.2) is 47.1 Å². The molecular weight excluding hydrogens is 264 g/mol. The first-order valence-corrected chi connectivity index (χ1v) is 8.34. The van der Waals surface area contributed by atoms with Crippen LogP contribution in [0.25, 0.3) is 0 Å². The number of thioether (sulfide) groups is 1. The molecule has 0 bridgehead atoms. The van der Waals surface area contributed by atoms with Crippen LogP contribution in [0, 0.1) is 0 Å². The van der Waals surface area contributed by atoms with Crippen LogP contribution in [0.5, 0.6) is 0 Å². The Balaban J connectivity index is -0.0000000902. The maximum Gasteiger partial charge on any atom is 0.0882 e. The molecule has 1 nitrogen and oxygen atoms in total. The second-order valence-electron chi connectivity index (χ2n) is 3.26. The predicted octanol–water partition coefficient (Wildman–Crippen LogP) is 6.99. The lowest BCUT2D eigenvalue weighted by Gasteiger charge is -1.91. The highest BCUT2D eigenvalue weighted by Gasteiger charge is 1.73. The van der Waals surface area contributed by atoms with Gasteiger partial charge in [0.05, 0.1) is 12.9 Å². The van der Waals surface area contributed by atoms with Crippen molar-refractivity contribution in [2.45, 2.75) is 55.4 Å². The van der Waals surface area contributed by atoms with Gasteiger partial charge in [-0.2, -0.15) is 0 Å². The van der Waals surface area contributed by atoms with Crippen molar-refractivity contribution in [2.75, 3.05) is 13.4 Å². The average molecular weight is 301 g/mol. The topological polar surface area (TPSA) is 9.23 Å². The van der Waals surface area contributed by atoms with Crippen LogP contribution in [0.2, 0.25) is 0 Å². The second-order valence-corrected chi connectivity index (χ2v) is 4.31. The minimum atomic E-state index is 0.968. The van der Waals surface area contributed by atoms with Crippen molar-refractivity contribution in [1.29, 1.82) is 0 Å². The quantitative estimate of drug-likeness (QED) is 0.410. The largest absolute Gasteiger partial charge is 0.502 e. The summed E-state index contributed by atoms with van der Waals surface area (Å²) in [5.41, 5.74) is 0. The third-order valence-corrected chi connectivity index (χ3v) is 2.83. The highest BCUT2D eigenvalue weighted by atomic mass is 32.2. The van der Waals surface area contributed by atoms with E-state index in [-0.39, 0.29) is 0 Å². The molecule has 0 heterocycles. The molecule has 0 atom stereocenters. The molecule has 0 rings (SSSR count). The van der Waals surface area contributed by atoms with Crippen LogP contribution in [0.1, 0.15) is 55.4 Å². The fourth-order valence-electron chi connectivity index (χ4n) is 0.458. The van der Waals surface area contributed by atoms with Gasteiger partial charge in [0.15, 0.2) is 0 Å². The molecule has 0 radical (unpaired) electrons. The van der Waals surface area contributed by atoms with E-state index in [2.05, 4.69) is 19.3 Å². The van der Waals surface area contributed by atoms with Gasteiger partial charge >= 0.3 is 0 Å². The molecule has 0 saturated heterocycles. The highest BCUT2D eigenvalue weighted by Crippen LogP contribution is 2.07. The van der Waals surface area contributed by atoms with Crippen molar-refractivity contribution in [2.24, 2.45) is 0 Å². The zero-order chi connectivity index (χ0) is 16.8. The molecule has 0 amide bonds. The Labute approximate surface area is 132 Å². The lowest BCUT2D eigenvalue weighted by atomic mass is 10.5. The second kappa shape index (κ2) is 30.8. The van der Waals surface area contributed by atoms with Crippen molar-refractivity contribution in [1.82, 2.24) is 0 Å². The van der Waals surface area contributed by atoms with Crippen LogP contribution in [0.4, 0.5) is 0 Å². The van der Waals surface area contributed by atoms with Gasteiger partial charge in [-0.15, -0.1) is 11.8 Å². The van der Waals surface area contributed by atoms with E-state index < -0.39 is 0 Å². The van der Waals surface area contributed by atoms with Gasteiger partial charge in [0.25, 0.3) is 0 Å². The van der Waals surface area contributed by atoms with Crippen molar-refractivity contribution >= 4 is 11.8 Å². The Morgan fingerprint density at radius 1 is 0.850 bits per heavy atom. The first-order chi connectivity index (χ1) is 9.53. The molecule has 0 spiro atoms. The van der Waals surface area contributed by atoms with Gasteiger partial charge in [-0.3, -0.25) is 0 Å². The van der Waals surface area contributed by atoms with Crippen LogP contribution in [-0.2, 0) is 4.74 Å². The van der Waals surface area contributed by atoms with Crippen LogP contribution < -0.4 is 0 Å². The summed E-state index contributed by atoms with van der Waals surface area (Å²) >= 11 is 1.79. The van der Waals surface area contributed by atoms with Gasteiger partial charge in [-0.1, -0.05) is 50.3 Å². The van der Waals surface area contributed by atoms with Gasteiger partial charge < -0.3 is 4.74 Å². The summed E-state index contributed by atoms with van der Waals surface area (Å²) in [7, 11) is 1.66. The first-order valence-electron chi connectivity index (χ1n) is 7.11. The number of hydrogen-bond acceptors (Lipinski definition) is 2. The molecule has 120 valence electrons. The van der Waals surface area contributed by atoms with Crippen molar-refractivity contribution in [3.05, 3.63) is 47.1 Å². The minimum absolute atomic E-state index is 0.968. The lowest BCUT2D eigenvalue weighted by Crippen LogP contribution is -1.73. The van der Waals surface area contributed by atoms with E-state index in [0.29, 0.717) is 0 Å². The maximum atomic E-state index is 4.76. The third kappa shape index (κ3) is 43.4. The van der Waals surface area contributed by atoms with E-state index in [1.807, 2.05) is 78.8 Å². The van der Waals surface area contributed by atoms with Crippen LogP contribution in [0.3, 0.4) is 0 Å². The molecule has 0 saturated carbocycles. The SMILES string of the molecule is C/C=C(/C)OC.C/C=C(/C)SC.C/C=C\C=C/C.CC. The molecule has 0 fully saturated rings. The summed E-state index contributed by atoms with van der Waals surface area (Å²) in [6.07, 6.45) is 14.1. The first kappa shape index (κ1) is 27.5. The molecule has 0 aliphatic rings. The fraction of sp³-hybridized carbons (Fsp3) is 0.556. The molecule has 0 aliphatic heterocycles. The van der Waals surface area contributed by atoms with Gasteiger partial charge in [0.1, 0.15) is 0 Å². The van der Waals surface area contributed by atoms with E-state index >= 15 is 0 Å². The van der Waals surface area contributed by atoms with Crippen LogP contribution in [-0.4, -0.2) is 13.4 Å². The summed E-state index contributed by atoms with van der Waals surface area (Å²) in [5.74, 6) is 0.968. The molecule has 0 N–H and O–H groups in total. The Morgan fingerprint density at radius 3 is 1.30 bits per heavy atom. The summed E-state index contributed by atoms with van der Waals surface area (Å²) < 4.78 is 4.76. The molecule has 0 aromatic rings. The fourth-order valence-corrected chi connectivity index (χ4v) is 0.694. The monoisotopic (exact) mass is 300 g/mol. The summed E-state index contributed by atoms with van der Waals surface area (Å²) in [6, 6.07) is 0. The lowest BCUT2D eigenvalue weighted by molar-refractivity contribution is 0.293. The van der Waals surface area contributed by atoms with Gasteiger partial charge in [0, 0.05) is 0 Å². The zero-order valence-corrected chi connectivity index (χ0v) is 16.1. The molecule has 20 heavy (non-hydrogen) atoms. The molecule has 0 unspecified atom stereocenters. The van der Waals surface area contributed by atoms with E-state index in [4.69, 9.17) is 4.74 Å². The normalized spacial score (nSPS) is 10.9. The number of ether oxygens (including phenoxy) is 1. The van der Waals surface area contributed by atoms with Crippen LogP contribution >= 0.6 is 11.8 Å². The summed E-state index contributed by atoms with van der Waals surface area (Å²) in [4.78, 5) is 1.38. The van der Waals surface area contributed by atoms with E-state index in [1.54, 1.807) is 18.9 Å². The molecular formula is C18H36OS. The zero-order valence-electron chi connectivity index (χ0n) is 15.3. The average Bonchev–Trinajstić information content (AvgIpc) is 2.54. The minimum Gasteiger partial charge on any atom is -0.502 e. The molecule has 0 aromatic heterocycles. The Bertz CT molecular complexity index is 233. The van der Waals surface area contributed by atoms with Crippen molar-refractivity contribution < 1.29 is 4.74 Å². The number of methoxy groups -OCH3 is 1. The molecule has 2 heteroatoms. The third-order valence-electron chi connectivity index (χ3n) is 1.95. The predicted molar refractivity (Wildman–Crippen MR) is 100 cm³/mol. The van der Waals surface area contributed by atoms with Crippen molar-refractivity contribution in [3.63, 3.8) is 0 Å². The smallest absolute Gasteiger partial charge is 0.0882 e. The van der Waals surface area contributed by atoms with Gasteiger partial charge in [-0.05, 0) is 52.7 Å². The summed E-state index contributed by atoms with van der Waals surface area (Å²) in [6.45, 7) is 16.0. The number of rotatable bonds is 3. The standard InChI is InChI=1S/C6H10.C5H10O.C5H10S.C2H6/c1-3-5-6-4-2;2*1-4-5(2)6-3;1-2/h3-6H,1-2H3;2*4H,1-3H3;1-2H3/b5-3-,6-4-;2*5-4-;. The highest BCUT2D eigenvalue weighted by molar-refractivity contribution is 8.02. The van der Waals surface area contributed by atoms with Crippen molar-refractivity contribution in [3.8, 4) is 0 Å². The van der Waals surface area contributed by atoms with Gasteiger partial charge in [0.2, 0.25) is 0 Å². The van der Waals surface area contributed by atoms with E-state index in [0.717, 1.165) is 5.76 Å². The molecule has 0 aliphatic carbocycles.